The van der Waals surface area contributed by atoms with Crippen LogP contribution in [0, 0.1) is 17.8 Å². The molecule has 2 aliphatic rings. The molecule has 2 fully saturated rings. The zero-order chi connectivity index (χ0) is 49.8. The third kappa shape index (κ3) is 18.4. The lowest BCUT2D eigenvalue weighted by molar-refractivity contribution is -0.299. The minimum atomic E-state index is -2.05. The monoisotopic (exact) mass is 932 g/mol. The Bertz CT molecular complexity index is 1610. The van der Waals surface area contributed by atoms with Crippen molar-refractivity contribution in [1.29, 1.82) is 0 Å². The number of likely N-dealkylation sites (N-methyl/N-ethyl adjacent to an activating group) is 1. The molecule has 0 bridgehead atoms. The largest absolute Gasteiger partial charge is 0.459 e. The summed E-state index contributed by atoms with van der Waals surface area (Å²) in [5.74, 6) is -4.25. The molecule has 6 N–H and O–H groups in total. The molecule has 2 amide bonds. The first-order valence-corrected chi connectivity index (χ1v) is 24.5. The van der Waals surface area contributed by atoms with E-state index < -0.39 is 89.7 Å². The molecule has 0 aromatic heterocycles. The van der Waals surface area contributed by atoms with Gasteiger partial charge in [-0.3, -0.25) is 14.4 Å². The average molecular weight is 932 g/mol. The van der Waals surface area contributed by atoms with Crippen LogP contribution in [-0.4, -0.2) is 146 Å². The number of hydrogen-bond acceptors (Lipinski definition) is 12. The minimum absolute atomic E-state index is 0.000144. The van der Waals surface area contributed by atoms with Crippen molar-refractivity contribution in [3.05, 3.63) is 60.8 Å². The van der Waals surface area contributed by atoms with E-state index in [4.69, 9.17) is 14.2 Å². The fraction of sp³-hybridized carbons (Fsp3) is 0.750. The van der Waals surface area contributed by atoms with Gasteiger partial charge < -0.3 is 54.9 Å². The molecule has 0 aliphatic carbocycles. The number of aliphatic hydroxyl groups is 5. The molecule has 2 heterocycles. The smallest absolute Gasteiger partial charge is 0.311 e. The summed E-state index contributed by atoms with van der Waals surface area (Å²) >= 11 is 0. The van der Waals surface area contributed by atoms with Crippen LogP contribution in [0.1, 0.15) is 140 Å². The first-order chi connectivity index (χ1) is 31.0. The maximum absolute atomic E-state index is 14.4. The van der Waals surface area contributed by atoms with Gasteiger partial charge in [0.2, 0.25) is 11.8 Å². The number of amides is 2. The molecule has 14 nitrogen and oxygen atoms in total. The molecule has 66 heavy (non-hydrogen) atoms. The van der Waals surface area contributed by atoms with E-state index in [1.807, 2.05) is 38.9 Å². The highest BCUT2D eigenvalue weighted by Crippen LogP contribution is 2.37. The lowest BCUT2D eigenvalue weighted by atomic mass is 9.78. The maximum Gasteiger partial charge on any atom is 0.311 e. The molecule has 378 valence electrons. The highest BCUT2D eigenvalue weighted by atomic mass is 16.7. The molecule has 0 radical (unpaired) electrons. The number of esters is 1. The van der Waals surface area contributed by atoms with E-state index in [-0.39, 0.29) is 43.9 Å². The Hall–Kier alpha value is -3.21. The van der Waals surface area contributed by atoms with Gasteiger partial charge in [0, 0.05) is 24.9 Å². The van der Waals surface area contributed by atoms with Crippen LogP contribution in [0.15, 0.2) is 60.8 Å². The van der Waals surface area contributed by atoms with E-state index in [1.165, 1.54) is 18.7 Å². The second-order valence-corrected chi connectivity index (χ2v) is 19.6. The maximum atomic E-state index is 14.4. The second-order valence-electron chi connectivity index (χ2n) is 19.6. The first-order valence-electron chi connectivity index (χ1n) is 24.5. The van der Waals surface area contributed by atoms with Gasteiger partial charge >= 0.3 is 5.97 Å². The highest BCUT2D eigenvalue weighted by molar-refractivity contribution is 5.87. The Morgan fingerprint density at radius 3 is 1.95 bits per heavy atom. The Kier molecular flexibility index (Phi) is 25.9. The van der Waals surface area contributed by atoms with Gasteiger partial charge in [-0.1, -0.05) is 88.5 Å². The predicted octanol–water partition coefficient (Wildman–Crippen LogP) is 6.30. The Labute approximate surface area is 397 Å². The summed E-state index contributed by atoms with van der Waals surface area (Å²) in [7, 11) is 3.69. The van der Waals surface area contributed by atoms with E-state index >= 15 is 0 Å². The van der Waals surface area contributed by atoms with Crippen LogP contribution >= 0.6 is 0 Å². The number of carbonyl (C=O) groups is 3. The zero-order valence-electron chi connectivity index (χ0n) is 42.3. The van der Waals surface area contributed by atoms with Gasteiger partial charge in [0.1, 0.15) is 30.0 Å². The molecule has 2 aliphatic heterocycles. The molecule has 14 heteroatoms. The number of nitrogens with zero attached hydrogens (tertiary/aromatic N) is 2. The third-order valence-corrected chi connectivity index (χ3v) is 13.1. The molecule has 0 aromatic rings. The third-order valence-electron chi connectivity index (χ3n) is 13.1. The zero-order valence-corrected chi connectivity index (χ0v) is 42.3. The van der Waals surface area contributed by atoms with Crippen LogP contribution in [0.5, 0.6) is 0 Å². The van der Waals surface area contributed by atoms with Crippen molar-refractivity contribution in [2.45, 2.75) is 212 Å². The average Bonchev–Trinajstić information content (AvgIpc) is 3.26. The normalized spacial score (nSPS) is 35.2. The van der Waals surface area contributed by atoms with Gasteiger partial charge in [-0.05, 0) is 126 Å². The van der Waals surface area contributed by atoms with Gasteiger partial charge in [0.25, 0.3) is 0 Å². The summed E-state index contributed by atoms with van der Waals surface area (Å²) in [4.78, 5) is 44.5. The number of rotatable bonds is 19. The van der Waals surface area contributed by atoms with Crippen LogP contribution in [0.3, 0.4) is 0 Å². The van der Waals surface area contributed by atoms with E-state index in [0.717, 1.165) is 32.1 Å². The van der Waals surface area contributed by atoms with E-state index in [2.05, 4.69) is 66.9 Å². The van der Waals surface area contributed by atoms with E-state index in [0.29, 0.717) is 19.3 Å². The molecular weight excluding hydrogens is 843 g/mol. The molecule has 0 spiro atoms. The molecule has 0 aromatic carbocycles. The summed E-state index contributed by atoms with van der Waals surface area (Å²) < 4.78 is 18.4. The number of carbonyl (C=O) groups excluding carboxylic acids is 3. The topological polar surface area (TPSA) is 199 Å². The number of allylic oxidation sites excluding steroid dienone is 10. The Balaban J connectivity index is 2.25. The lowest BCUT2D eigenvalue weighted by Crippen LogP contribution is -2.62. The lowest BCUT2D eigenvalue weighted by Gasteiger charge is -2.46. The summed E-state index contributed by atoms with van der Waals surface area (Å²) in [6.45, 7) is 16.6. The molecule has 2 rings (SSSR count). The van der Waals surface area contributed by atoms with Crippen molar-refractivity contribution in [1.82, 2.24) is 15.1 Å². The van der Waals surface area contributed by atoms with Crippen molar-refractivity contribution in [2.24, 2.45) is 17.8 Å². The molecule has 1 unspecified atom stereocenters. The molecule has 0 saturated carbocycles. The van der Waals surface area contributed by atoms with Crippen LogP contribution in [0.2, 0.25) is 0 Å². The highest BCUT2D eigenvalue weighted by Gasteiger charge is 2.50. The second kappa shape index (κ2) is 29.0. The van der Waals surface area contributed by atoms with Crippen molar-refractivity contribution >= 4 is 17.8 Å². The number of ether oxygens (including phenoxy) is 3. The molecule has 2 saturated heterocycles. The number of cyclic esters (lactones) is 1. The van der Waals surface area contributed by atoms with Crippen LogP contribution in [0.25, 0.3) is 0 Å². The standard InChI is InChI=1S/C52H89N3O11/c1-13-15-16-17-18-19-20-21-22-23-24-25-26-27-28-29-30-31-43(56)53-39(7)48(60)55-34-35(3)33-51(9,62)47(66-50-45(58)41(54(11)12)32-36(4)64-50)37(5)44(57)38(6)49(61)65-42(14-2)52(10,63)46(59)40(55)8/h15-16,18-19,21-22,24-25,27-28,35-42,44-47,50,57-59,62-63H,13-14,17,20,23,26,29-34H2,1-12H3,(H,53,56)/t35-,36-,37+,38-,39?,40-,41+,42-,44+,45-,46-,47-,50+,51-,52-/m1/s1. The van der Waals surface area contributed by atoms with Gasteiger partial charge in [-0.15, -0.1) is 0 Å². The van der Waals surface area contributed by atoms with Crippen LogP contribution in [0.4, 0.5) is 0 Å². The van der Waals surface area contributed by atoms with Gasteiger partial charge in [-0.2, -0.15) is 0 Å². The van der Waals surface area contributed by atoms with Crippen molar-refractivity contribution < 1.29 is 54.1 Å². The SMILES string of the molecule is CCC=CCC=CCC=CCC=CCC=CCCCC(=O)NC(C)C(=O)N1C[C@H](C)C[C@@](C)(O)[C@H](O[C@@H]2O[C@H](C)C[C@H](N(C)C)[C@H]2O)[C@@H](C)[C@H](O)[C@@H](C)C(=O)O[C@H](CC)[C@@](C)(O)[C@H](O)[C@H]1C. The van der Waals surface area contributed by atoms with Crippen molar-refractivity contribution in [2.75, 3.05) is 20.6 Å². The first kappa shape index (κ1) is 58.9. The fourth-order valence-electron chi connectivity index (χ4n) is 9.17. The number of aliphatic hydroxyl groups excluding tert-OH is 3. The summed E-state index contributed by atoms with van der Waals surface area (Å²) in [6.07, 6.45) is 20.0. The minimum Gasteiger partial charge on any atom is -0.459 e. The van der Waals surface area contributed by atoms with Crippen molar-refractivity contribution in [3.8, 4) is 0 Å². The quantitative estimate of drug-likeness (QED) is 0.0481. The van der Waals surface area contributed by atoms with Gasteiger partial charge in [-0.25, -0.2) is 0 Å². The Morgan fingerprint density at radius 2 is 1.42 bits per heavy atom. The molecule has 15 atom stereocenters. The van der Waals surface area contributed by atoms with E-state index in [9.17, 15) is 39.9 Å². The van der Waals surface area contributed by atoms with Gasteiger partial charge in [0.15, 0.2) is 6.29 Å². The fourth-order valence-corrected chi connectivity index (χ4v) is 9.17. The van der Waals surface area contributed by atoms with Crippen molar-refractivity contribution in [3.63, 3.8) is 0 Å². The predicted molar refractivity (Wildman–Crippen MR) is 260 cm³/mol. The van der Waals surface area contributed by atoms with E-state index in [1.54, 1.807) is 34.6 Å². The van der Waals surface area contributed by atoms with Crippen LogP contribution < -0.4 is 5.32 Å². The number of nitrogens with one attached hydrogen (secondary N) is 1. The Morgan fingerprint density at radius 1 is 0.879 bits per heavy atom. The van der Waals surface area contributed by atoms with Crippen LogP contribution in [-0.2, 0) is 28.6 Å². The summed E-state index contributed by atoms with van der Waals surface area (Å²) in [5, 5.41) is 62.1. The summed E-state index contributed by atoms with van der Waals surface area (Å²) in [5.41, 5.74) is -3.79. The van der Waals surface area contributed by atoms with Gasteiger partial charge in [0.05, 0.1) is 35.9 Å². The summed E-state index contributed by atoms with van der Waals surface area (Å²) in [6, 6.07) is -2.39. The number of unbranched alkanes of at least 4 members (excludes halogenated alkanes) is 1. The number of hydrogen-bond donors (Lipinski definition) is 6. The molecular formula is C52H89N3O11.